The highest BCUT2D eigenvalue weighted by atomic mass is 35.5. The van der Waals surface area contributed by atoms with Gasteiger partial charge in [-0.15, -0.1) is 23.7 Å². The van der Waals surface area contributed by atoms with Gasteiger partial charge in [0.2, 0.25) is 0 Å². The first-order valence-corrected chi connectivity index (χ1v) is 7.60. The Morgan fingerprint density at radius 2 is 2.24 bits per heavy atom. The molecule has 7 heteroatoms. The molecule has 1 saturated heterocycles. The van der Waals surface area contributed by atoms with Gasteiger partial charge in [0.15, 0.2) is 0 Å². The molecule has 2 unspecified atom stereocenters. The summed E-state index contributed by atoms with van der Waals surface area (Å²) in [7, 11) is 0. The van der Waals surface area contributed by atoms with Crippen molar-refractivity contribution >= 4 is 23.7 Å². The summed E-state index contributed by atoms with van der Waals surface area (Å²) in [6.45, 7) is 3.20. The first kappa shape index (κ1) is 16.3. The van der Waals surface area contributed by atoms with Gasteiger partial charge >= 0.3 is 0 Å². The lowest BCUT2D eigenvalue weighted by molar-refractivity contribution is 0.146. The maximum absolute atomic E-state index is 9.72. The molecule has 3 N–H and O–H groups in total. The van der Waals surface area contributed by atoms with E-state index in [2.05, 4.69) is 20.6 Å². The third-order valence-electron chi connectivity index (χ3n) is 3.45. The molecule has 0 saturated carbocycles. The van der Waals surface area contributed by atoms with Gasteiger partial charge < -0.3 is 15.7 Å². The first-order valence-electron chi connectivity index (χ1n) is 6.78. The highest BCUT2D eigenvalue weighted by Gasteiger charge is 2.24. The van der Waals surface area contributed by atoms with Crippen molar-refractivity contribution < 1.29 is 5.11 Å². The van der Waals surface area contributed by atoms with Crippen molar-refractivity contribution in [1.29, 1.82) is 0 Å². The van der Waals surface area contributed by atoms with Crippen LogP contribution >= 0.6 is 23.7 Å². The third-order valence-corrected chi connectivity index (χ3v) is 4.47. The zero-order valence-corrected chi connectivity index (χ0v) is 13.2. The Labute approximate surface area is 134 Å². The van der Waals surface area contributed by atoms with Gasteiger partial charge in [0.25, 0.3) is 0 Å². The van der Waals surface area contributed by atoms with Gasteiger partial charge in [-0.2, -0.15) is 0 Å². The van der Waals surface area contributed by atoms with E-state index in [-0.39, 0.29) is 18.5 Å². The summed E-state index contributed by atoms with van der Waals surface area (Å²) in [6, 6.07) is 5.84. The van der Waals surface area contributed by atoms with Crippen LogP contribution in [0.4, 0.5) is 0 Å². The third kappa shape index (κ3) is 4.21. The first-order chi connectivity index (χ1) is 9.83. The lowest BCUT2D eigenvalue weighted by atomic mass is 10.1. The largest absolute Gasteiger partial charge is 0.391 e. The van der Waals surface area contributed by atoms with Crippen molar-refractivity contribution in [3.63, 3.8) is 0 Å². The molecule has 0 amide bonds. The van der Waals surface area contributed by atoms with Crippen LogP contribution in [0.1, 0.15) is 4.88 Å². The van der Waals surface area contributed by atoms with Gasteiger partial charge in [-0.05, 0) is 12.1 Å². The zero-order valence-electron chi connectivity index (χ0n) is 11.5. The number of halogens is 1. The van der Waals surface area contributed by atoms with Crippen LogP contribution < -0.4 is 10.6 Å². The fourth-order valence-electron chi connectivity index (χ4n) is 2.31. The number of rotatable bonds is 5. The SMILES string of the molecule is Cl.OC1CNCC1CNCc1cnc(-c2ccccn2)s1. The molecule has 1 fully saturated rings. The Balaban J connectivity index is 0.00000161. The van der Waals surface area contributed by atoms with E-state index >= 15 is 0 Å². The molecule has 2 aromatic heterocycles. The molecule has 0 radical (unpaired) electrons. The molecule has 1 aliphatic heterocycles. The zero-order chi connectivity index (χ0) is 13.8. The van der Waals surface area contributed by atoms with E-state index in [1.165, 1.54) is 4.88 Å². The molecule has 21 heavy (non-hydrogen) atoms. The van der Waals surface area contributed by atoms with Crippen LogP contribution in [0.2, 0.25) is 0 Å². The maximum atomic E-state index is 9.72. The lowest BCUT2D eigenvalue weighted by Crippen LogP contribution is -2.29. The van der Waals surface area contributed by atoms with E-state index in [4.69, 9.17) is 0 Å². The van der Waals surface area contributed by atoms with Gasteiger partial charge in [0.05, 0.1) is 11.8 Å². The minimum absolute atomic E-state index is 0. The van der Waals surface area contributed by atoms with Crippen LogP contribution in [-0.4, -0.2) is 40.8 Å². The second-order valence-electron chi connectivity index (χ2n) is 4.96. The minimum Gasteiger partial charge on any atom is -0.391 e. The molecule has 1 aliphatic rings. The maximum Gasteiger partial charge on any atom is 0.142 e. The summed E-state index contributed by atoms with van der Waals surface area (Å²) in [6.07, 6.45) is 3.45. The van der Waals surface area contributed by atoms with Crippen LogP contribution in [0.25, 0.3) is 10.7 Å². The number of nitrogens with zero attached hydrogens (tertiary/aromatic N) is 2. The fraction of sp³-hybridized carbons (Fsp3) is 0.429. The van der Waals surface area contributed by atoms with E-state index in [1.807, 2.05) is 24.4 Å². The van der Waals surface area contributed by atoms with E-state index in [9.17, 15) is 5.11 Å². The Hall–Kier alpha value is -1.05. The Kier molecular flexibility index (Phi) is 6.08. The molecule has 2 atom stereocenters. The van der Waals surface area contributed by atoms with Gasteiger partial charge in [-0.25, -0.2) is 4.98 Å². The molecule has 3 rings (SSSR count). The van der Waals surface area contributed by atoms with Crippen LogP contribution in [0, 0.1) is 5.92 Å². The second kappa shape index (κ2) is 7.82. The molecule has 0 aliphatic carbocycles. The smallest absolute Gasteiger partial charge is 0.142 e. The van der Waals surface area contributed by atoms with Crippen LogP contribution in [0.15, 0.2) is 30.6 Å². The highest BCUT2D eigenvalue weighted by Crippen LogP contribution is 2.22. The molecule has 2 aromatic rings. The molecule has 5 nitrogen and oxygen atoms in total. The normalized spacial score (nSPS) is 21.2. The van der Waals surface area contributed by atoms with Gasteiger partial charge in [-0.1, -0.05) is 6.07 Å². The van der Waals surface area contributed by atoms with E-state index in [0.29, 0.717) is 12.5 Å². The monoisotopic (exact) mass is 326 g/mol. The van der Waals surface area contributed by atoms with Crippen molar-refractivity contribution in [2.24, 2.45) is 5.92 Å². The number of pyridine rings is 1. The number of aromatic nitrogens is 2. The summed E-state index contributed by atoms with van der Waals surface area (Å²) in [5.41, 5.74) is 0.916. The van der Waals surface area contributed by atoms with Crippen molar-refractivity contribution in [1.82, 2.24) is 20.6 Å². The average Bonchev–Trinajstić information content (AvgIpc) is 3.10. The molecule has 3 heterocycles. The molecule has 114 valence electrons. The predicted molar refractivity (Wildman–Crippen MR) is 86.7 cm³/mol. The second-order valence-corrected chi connectivity index (χ2v) is 6.08. The van der Waals surface area contributed by atoms with Gasteiger partial charge in [-0.3, -0.25) is 4.98 Å². The number of hydrogen-bond acceptors (Lipinski definition) is 6. The van der Waals surface area contributed by atoms with Crippen molar-refractivity contribution in [2.75, 3.05) is 19.6 Å². The fourth-order valence-corrected chi connectivity index (χ4v) is 3.16. The summed E-state index contributed by atoms with van der Waals surface area (Å²) in [4.78, 5) is 9.89. The van der Waals surface area contributed by atoms with Gasteiger partial charge in [0, 0.05) is 49.4 Å². The van der Waals surface area contributed by atoms with E-state index in [0.717, 1.165) is 30.3 Å². The number of thiazole rings is 1. The van der Waals surface area contributed by atoms with E-state index < -0.39 is 0 Å². The summed E-state index contributed by atoms with van der Waals surface area (Å²) in [5, 5.41) is 17.2. The Morgan fingerprint density at radius 3 is 2.95 bits per heavy atom. The molecular weight excluding hydrogens is 308 g/mol. The number of β-amino-alcohol motifs (C(OH)–C–C–N with tert-alkyl or cyclic N) is 1. The summed E-state index contributed by atoms with van der Waals surface area (Å²) < 4.78 is 0. The Morgan fingerprint density at radius 1 is 1.33 bits per heavy atom. The number of hydrogen-bond donors (Lipinski definition) is 3. The Bertz CT molecular complexity index is 551. The van der Waals surface area contributed by atoms with Gasteiger partial charge in [0.1, 0.15) is 5.01 Å². The summed E-state index contributed by atoms with van der Waals surface area (Å²) >= 11 is 1.66. The van der Waals surface area contributed by atoms with Crippen molar-refractivity contribution in [3.8, 4) is 10.7 Å². The quantitative estimate of drug-likeness (QED) is 0.772. The molecular formula is C14H19ClN4OS. The molecule has 0 spiro atoms. The van der Waals surface area contributed by atoms with Crippen LogP contribution in [-0.2, 0) is 6.54 Å². The number of aliphatic hydroxyl groups is 1. The predicted octanol–water partition coefficient (Wildman–Crippen LogP) is 1.30. The highest BCUT2D eigenvalue weighted by molar-refractivity contribution is 7.14. The molecule has 0 aromatic carbocycles. The minimum atomic E-state index is -0.229. The number of aliphatic hydroxyl groups excluding tert-OH is 1. The van der Waals surface area contributed by atoms with Crippen molar-refractivity contribution in [2.45, 2.75) is 12.6 Å². The average molecular weight is 327 g/mol. The summed E-state index contributed by atoms with van der Waals surface area (Å²) in [5.74, 6) is 0.304. The number of nitrogens with one attached hydrogen (secondary N) is 2. The van der Waals surface area contributed by atoms with Crippen molar-refractivity contribution in [3.05, 3.63) is 35.5 Å². The van der Waals surface area contributed by atoms with E-state index in [1.54, 1.807) is 17.5 Å². The van der Waals surface area contributed by atoms with Crippen LogP contribution in [0.3, 0.4) is 0 Å². The lowest BCUT2D eigenvalue weighted by Gasteiger charge is -2.13. The molecule has 0 bridgehead atoms. The topological polar surface area (TPSA) is 70.1 Å². The standard InChI is InChI=1S/C14H18N4OS.ClH/c19-13-9-16-6-10(13)5-15-7-11-8-18-14(20-11)12-3-1-2-4-17-12;/h1-4,8,10,13,15-16,19H,5-7,9H2;1H. The van der Waals surface area contributed by atoms with Crippen LogP contribution in [0.5, 0.6) is 0 Å².